The summed E-state index contributed by atoms with van der Waals surface area (Å²) in [6.07, 6.45) is 12.3. The van der Waals surface area contributed by atoms with Crippen molar-refractivity contribution in [3.05, 3.63) is 90.8 Å². The van der Waals surface area contributed by atoms with Crippen LogP contribution < -0.4 is 10.6 Å². The fourth-order valence-electron chi connectivity index (χ4n) is 4.94. The molecule has 3 aromatic heterocycles. The number of para-hydroxylation sites is 1. The molecule has 2 amide bonds. The number of nitrogens with zero attached hydrogens (tertiary/aromatic N) is 3. The van der Waals surface area contributed by atoms with Gasteiger partial charge in [-0.05, 0) is 54.7 Å². The summed E-state index contributed by atoms with van der Waals surface area (Å²) in [6, 6.07) is 17.9. The van der Waals surface area contributed by atoms with Gasteiger partial charge in [0.1, 0.15) is 5.82 Å². The largest absolute Gasteiger partial charge is 0.361 e. The molecule has 5 aromatic rings. The Morgan fingerprint density at radius 2 is 1.82 bits per heavy atom. The minimum atomic E-state index is -0.243. The predicted octanol–water partition coefficient (Wildman–Crippen LogP) is 5.23. The van der Waals surface area contributed by atoms with Gasteiger partial charge >= 0.3 is 0 Å². The summed E-state index contributed by atoms with van der Waals surface area (Å²) in [5.74, 6) is 0.774. The molecule has 0 radical (unpaired) electrons. The topological polar surface area (TPSA) is 120 Å². The maximum Gasteiger partial charge on any atom is 0.220 e. The number of aryl methyl sites for hydroxylation is 1. The van der Waals surface area contributed by atoms with Crippen molar-refractivity contribution in [2.75, 3.05) is 7.05 Å². The molecule has 0 saturated heterocycles. The van der Waals surface area contributed by atoms with Crippen molar-refractivity contribution in [1.82, 2.24) is 35.4 Å². The van der Waals surface area contributed by atoms with Crippen LogP contribution in [0.5, 0.6) is 0 Å². The number of carbonyl (C=O) groups is 2. The second-order valence-corrected chi connectivity index (χ2v) is 9.93. The highest BCUT2D eigenvalue weighted by Gasteiger charge is 2.19. The number of fused-ring (bicyclic) bond motifs is 1. The molecule has 3 heterocycles. The van der Waals surface area contributed by atoms with E-state index in [1.54, 1.807) is 13.2 Å². The molecule has 5 rings (SSSR count). The van der Waals surface area contributed by atoms with Crippen molar-refractivity contribution in [2.45, 2.75) is 51.0 Å². The average Bonchev–Trinajstić information content (AvgIpc) is 3.77. The standard InChI is InChI=1S/C31H35N7O2/c1-32-29(39)11-4-2-3-10-27(36-30(40)17-14-23-20-33-26-9-6-5-8-25(23)26)31-34-21-28(37-31)22-12-15-24(16-13-22)38-19-7-18-35-38/h5-9,12-13,15-16,18-21,27,33H,2-4,10-11,14,17H2,1H3,(H,32,39)(H,34,37)(H,36,40)/t27-/m0/s1. The van der Waals surface area contributed by atoms with Crippen molar-refractivity contribution >= 4 is 22.7 Å². The number of hydrogen-bond acceptors (Lipinski definition) is 4. The first-order valence-electron chi connectivity index (χ1n) is 13.8. The molecule has 0 fully saturated rings. The van der Waals surface area contributed by atoms with E-state index in [4.69, 9.17) is 0 Å². The molecule has 0 bridgehead atoms. The molecule has 4 N–H and O–H groups in total. The Morgan fingerprint density at radius 3 is 2.62 bits per heavy atom. The van der Waals surface area contributed by atoms with Crippen LogP contribution in [0, 0.1) is 0 Å². The lowest BCUT2D eigenvalue weighted by Crippen LogP contribution is -2.29. The SMILES string of the molecule is CNC(=O)CCCCC[C@H](NC(=O)CCc1c[nH]c2ccccc12)c1ncc(-c2ccc(-n3cccn3)cc2)[nH]1. The molecule has 2 aromatic carbocycles. The smallest absolute Gasteiger partial charge is 0.220 e. The zero-order valence-corrected chi connectivity index (χ0v) is 22.7. The highest BCUT2D eigenvalue weighted by atomic mass is 16.2. The van der Waals surface area contributed by atoms with Gasteiger partial charge < -0.3 is 20.6 Å². The van der Waals surface area contributed by atoms with Crippen LogP contribution in [-0.2, 0) is 16.0 Å². The van der Waals surface area contributed by atoms with Gasteiger partial charge in [-0.25, -0.2) is 9.67 Å². The van der Waals surface area contributed by atoms with Crippen LogP contribution in [0.15, 0.2) is 79.4 Å². The van der Waals surface area contributed by atoms with Crippen LogP contribution in [0.25, 0.3) is 27.8 Å². The summed E-state index contributed by atoms with van der Waals surface area (Å²) in [5, 5.41) is 11.3. The molecular formula is C31H35N7O2. The summed E-state index contributed by atoms with van der Waals surface area (Å²) < 4.78 is 1.81. The summed E-state index contributed by atoms with van der Waals surface area (Å²) in [7, 11) is 1.66. The number of H-pyrrole nitrogens is 2. The number of carbonyl (C=O) groups excluding carboxylic acids is 2. The summed E-state index contributed by atoms with van der Waals surface area (Å²) in [4.78, 5) is 36.0. The molecule has 0 saturated carbocycles. The lowest BCUT2D eigenvalue weighted by Gasteiger charge is -2.17. The molecular weight excluding hydrogens is 502 g/mol. The van der Waals surface area contributed by atoms with Crippen LogP contribution in [0.2, 0.25) is 0 Å². The zero-order chi connectivity index (χ0) is 27.7. The first kappa shape index (κ1) is 26.9. The summed E-state index contributed by atoms with van der Waals surface area (Å²) in [6.45, 7) is 0. The molecule has 40 heavy (non-hydrogen) atoms. The monoisotopic (exact) mass is 537 g/mol. The fourth-order valence-corrected chi connectivity index (χ4v) is 4.94. The Labute approximate surface area is 233 Å². The lowest BCUT2D eigenvalue weighted by molar-refractivity contribution is -0.122. The van der Waals surface area contributed by atoms with Crippen LogP contribution in [-0.4, -0.2) is 43.6 Å². The summed E-state index contributed by atoms with van der Waals surface area (Å²) in [5.41, 5.74) is 5.08. The Balaban J connectivity index is 1.24. The number of nitrogens with one attached hydrogen (secondary N) is 4. The van der Waals surface area contributed by atoms with Gasteiger partial charge in [0.2, 0.25) is 11.8 Å². The number of rotatable bonds is 13. The minimum Gasteiger partial charge on any atom is -0.361 e. The predicted molar refractivity (Wildman–Crippen MR) is 156 cm³/mol. The number of amides is 2. The second-order valence-electron chi connectivity index (χ2n) is 9.93. The van der Waals surface area contributed by atoms with Crippen molar-refractivity contribution < 1.29 is 9.59 Å². The van der Waals surface area contributed by atoms with E-state index in [1.165, 1.54) is 0 Å². The van der Waals surface area contributed by atoms with E-state index in [0.717, 1.165) is 64.9 Å². The number of unbranched alkanes of at least 4 members (excludes halogenated alkanes) is 2. The highest BCUT2D eigenvalue weighted by Crippen LogP contribution is 2.24. The number of imidazole rings is 1. The summed E-state index contributed by atoms with van der Waals surface area (Å²) >= 11 is 0. The van der Waals surface area contributed by atoms with Crippen molar-refractivity contribution in [2.24, 2.45) is 0 Å². The van der Waals surface area contributed by atoms with Crippen molar-refractivity contribution in [3.63, 3.8) is 0 Å². The normalized spacial score (nSPS) is 11.9. The van der Waals surface area contributed by atoms with Gasteiger partial charge in [0.15, 0.2) is 0 Å². The number of hydrogen-bond donors (Lipinski definition) is 4. The van der Waals surface area contributed by atoms with Gasteiger partial charge in [0.05, 0.1) is 23.6 Å². The van der Waals surface area contributed by atoms with Crippen LogP contribution in [0.1, 0.15) is 56.0 Å². The van der Waals surface area contributed by atoms with Crippen molar-refractivity contribution in [1.29, 1.82) is 0 Å². The first-order chi connectivity index (χ1) is 19.6. The maximum atomic E-state index is 13.1. The van der Waals surface area contributed by atoms with E-state index in [9.17, 15) is 9.59 Å². The maximum absolute atomic E-state index is 13.1. The molecule has 0 spiro atoms. The van der Waals surface area contributed by atoms with E-state index < -0.39 is 0 Å². The van der Waals surface area contributed by atoms with Crippen LogP contribution >= 0.6 is 0 Å². The van der Waals surface area contributed by atoms with Gasteiger partial charge in [-0.15, -0.1) is 0 Å². The first-order valence-corrected chi connectivity index (χ1v) is 13.8. The Morgan fingerprint density at radius 1 is 0.975 bits per heavy atom. The third kappa shape index (κ3) is 6.66. The molecule has 0 aliphatic carbocycles. The Hall–Kier alpha value is -4.66. The van der Waals surface area contributed by atoms with Gasteiger partial charge in [0, 0.05) is 49.4 Å². The Bertz CT molecular complexity index is 1530. The number of aromatic nitrogens is 5. The van der Waals surface area contributed by atoms with E-state index >= 15 is 0 Å². The third-order valence-corrected chi connectivity index (χ3v) is 7.18. The highest BCUT2D eigenvalue weighted by molar-refractivity contribution is 5.84. The second kappa shape index (κ2) is 12.9. The minimum absolute atomic E-state index is 0.0119. The van der Waals surface area contributed by atoms with Gasteiger partial charge in [0.25, 0.3) is 0 Å². The fraction of sp³-hybridized carbons (Fsp3) is 0.290. The molecule has 9 nitrogen and oxygen atoms in total. The lowest BCUT2D eigenvalue weighted by atomic mass is 10.0. The van der Waals surface area contributed by atoms with Crippen LogP contribution in [0.4, 0.5) is 0 Å². The van der Waals surface area contributed by atoms with Gasteiger partial charge in [-0.1, -0.05) is 43.2 Å². The average molecular weight is 538 g/mol. The molecule has 0 aliphatic heterocycles. The Kier molecular flexibility index (Phi) is 8.70. The number of benzene rings is 2. The molecule has 1 atom stereocenters. The molecule has 9 heteroatoms. The van der Waals surface area contributed by atoms with E-state index in [1.807, 2.05) is 71.8 Å². The quantitative estimate of drug-likeness (QED) is 0.154. The van der Waals surface area contributed by atoms with E-state index in [2.05, 4.69) is 36.8 Å². The molecule has 0 unspecified atom stereocenters. The van der Waals surface area contributed by atoms with E-state index in [-0.39, 0.29) is 17.9 Å². The van der Waals surface area contributed by atoms with Crippen molar-refractivity contribution in [3.8, 4) is 16.9 Å². The third-order valence-electron chi connectivity index (χ3n) is 7.18. The molecule has 0 aliphatic rings. The van der Waals surface area contributed by atoms with Gasteiger partial charge in [-0.2, -0.15) is 5.10 Å². The molecule has 206 valence electrons. The van der Waals surface area contributed by atoms with Gasteiger partial charge in [-0.3, -0.25) is 9.59 Å². The number of aromatic amines is 2. The van der Waals surface area contributed by atoms with Crippen LogP contribution in [0.3, 0.4) is 0 Å². The zero-order valence-electron chi connectivity index (χ0n) is 22.7. The van der Waals surface area contributed by atoms with E-state index in [0.29, 0.717) is 19.3 Å².